The van der Waals surface area contributed by atoms with Gasteiger partial charge in [0.2, 0.25) is 5.91 Å². The van der Waals surface area contributed by atoms with Gasteiger partial charge in [-0.15, -0.1) is 0 Å². The molecule has 0 aliphatic carbocycles. The number of nitrogens with one attached hydrogen (secondary N) is 1. The van der Waals surface area contributed by atoms with E-state index in [9.17, 15) is 9.18 Å². The Kier molecular flexibility index (Phi) is 7.12. The standard InChI is InChI=1S/C26H26FN3O2/c27-22-7-9-24(10-8-22)30-16-14-21(18-30)17-29-26(31)13-6-20-4-11-25(12-5-20)32-19-23-3-1-2-15-28-23/h1-13,15,21H,14,16-19H2,(H,29,31). The summed E-state index contributed by atoms with van der Waals surface area (Å²) >= 11 is 0. The van der Waals surface area contributed by atoms with Gasteiger partial charge in [-0.05, 0) is 72.5 Å². The maximum Gasteiger partial charge on any atom is 0.244 e. The summed E-state index contributed by atoms with van der Waals surface area (Å²) in [6.45, 7) is 2.81. The summed E-state index contributed by atoms with van der Waals surface area (Å²) < 4.78 is 18.8. The summed E-state index contributed by atoms with van der Waals surface area (Å²) in [5, 5.41) is 2.98. The van der Waals surface area contributed by atoms with E-state index in [-0.39, 0.29) is 11.7 Å². The second-order valence-corrected chi connectivity index (χ2v) is 7.83. The van der Waals surface area contributed by atoms with Crippen LogP contribution >= 0.6 is 0 Å². The van der Waals surface area contributed by atoms with Gasteiger partial charge in [0.05, 0.1) is 5.69 Å². The molecule has 2 heterocycles. The fourth-order valence-electron chi connectivity index (χ4n) is 3.68. The highest BCUT2D eigenvalue weighted by atomic mass is 19.1. The van der Waals surface area contributed by atoms with Crippen molar-refractivity contribution in [2.45, 2.75) is 13.0 Å². The van der Waals surface area contributed by atoms with Gasteiger partial charge in [0.25, 0.3) is 0 Å². The third kappa shape index (κ3) is 6.17. The van der Waals surface area contributed by atoms with Crippen molar-refractivity contribution in [2.24, 2.45) is 5.92 Å². The van der Waals surface area contributed by atoms with Gasteiger partial charge < -0.3 is 15.0 Å². The lowest BCUT2D eigenvalue weighted by molar-refractivity contribution is -0.116. The van der Waals surface area contributed by atoms with E-state index in [1.165, 1.54) is 12.1 Å². The van der Waals surface area contributed by atoms with Crippen LogP contribution in [0.5, 0.6) is 5.75 Å². The lowest BCUT2D eigenvalue weighted by atomic mass is 10.1. The lowest BCUT2D eigenvalue weighted by Crippen LogP contribution is -2.29. The average molecular weight is 432 g/mol. The Morgan fingerprint density at radius 3 is 2.69 bits per heavy atom. The number of hydrogen-bond acceptors (Lipinski definition) is 4. The monoisotopic (exact) mass is 431 g/mol. The molecule has 4 rings (SSSR count). The first kappa shape index (κ1) is 21.6. The molecule has 1 saturated heterocycles. The van der Waals surface area contributed by atoms with Crippen molar-refractivity contribution >= 4 is 17.7 Å². The number of carbonyl (C=O) groups excluding carboxylic acids is 1. The molecule has 1 aliphatic heterocycles. The van der Waals surface area contributed by atoms with Crippen molar-refractivity contribution in [1.82, 2.24) is 10.3 Å². The predicted octanol–water partition coefficient (Wildman–Crippen LogP) is 4.46. The maximum absolute atomic E-state index is 13.1. The SMILES string of the molecule is O=C(C=Cc1ccc(OCc2ccccn2)cc1)NCC1CCN(c2ccc(F)cc2)C1. The van der Waals surface area contributed by atoms with E-state index in [2.05, 4.69) is 15.2 Å². The van der Waals surface area contributed by atoms with Crippen LogP contribution in [0.2, 0.25) is 0 Å². The molecule has 0 saturated carbocycles. The van der Waals surface area contributed by atoms with E-state index in [1.807, 2.05) is 42.5 Å². The highest BCUT2D eigenvalue weighted by Crippen LogP contribution is 2.23. The molecule has 1 fully saturated rings. The van der Waals surface area contributed by atoms with Gasteiger partial charge in [-0.1, -0.05) is 18.2 Å². The van der Waals surface area contributed by atoms with Crippen LogP contribution in [-0.2, 0) is 11.4 Å². The van der Waals surface area contributed by atoms with E-state index < -0.39 is 0 Å². The molecule has 5 nitrogen and oxygen atoms in total. The number of hydrogen-bond donors (Lipinski definition) is 1. The Bertz CT molecular complexity index is 1040. The zero-order valence-electron chi connectivity index (χ0n) is 17.8. The van der Waals surface area contributed by atoms with Gasteiger partial charge in [0, 0.05) is 37.6 Å². The number of amides is 1. The molecule has 1 aromatic heterocycles. The van der Waals surface area contributed by atoms with Crippen molar-refractivity contribution in [1.29, 1.82) is 0 Å². The Morgan fingerprint density at radius 2 is 1.94 bits per heavy atom. The Morgan fingerprint density at radius 1 is 1.12 bits per heavy atom. The van der Waals surface area contributed by atoms with E-state index in [0.29, 0.717) is 19.1 Å². The number of rotatable bonds is 8. The van der Waals surface area contributed by atoms with Crippen molar-refractivity contribution in [3.05, 3.63) is 96.1 Å². The Hall–Kier alpha value is -3.67. The molecule has 0 radical (unpaired) electrons. The molecule has 0 bridgehead atoms. The first-order valence-electron chi connectivity index (χ1n) is 10.7. The van der Waals surface area contributed by atoms with E-state index in [0.717, 1.165) is 42.2 Å². The second-order valence-electron chi connectivity index (χ2n) is 7.83. The first-order valence-corrected chi connectivity index (χ1v) is 10.7. The predicted molar refractivity (Wildman–Crippen MR) is 124 cm³/mol. The molecule has 1 aliphatic rings. The minimum Gasteiger partial charge on any atom is -0.487 e. The van der Waals surface area contributed by atoms with Crippen LogP contribution in [0.4, 0.5) is 10.1 Å². The van der Waals surface area contributed by atoms with Crippen molar-refractivity contribution in [2.75, 3.05) is 24.5 Å². The van der Waals surface area contributed by atoms with Crippen LogP contribution < -0.4 is 15.0 Å². The summed E-state index contributed by atoms with van der Waals surface area (Å²) in [6.07, 6.45) is 6.08. The average Bonchev–Trinajstić information content (AvgIpc) is 3.31. The molecule has 1 amide bonds. The molecule has 1 unspecified atom stereocenters. The van der Waals surface area contributed by atoms with Crippen LogP contribution in [0, 0.1) is 11.7 Å². The number of aromatic nitrogens is 1. The Labute approximate surface area is 187 Å². The van der Waals surface area contributed by atoms with Crippen molar-refractivity contribution in [3.8, 4) is 5.75 Å². The normalized spacial score (nSPS) is 15.8. The van der Waals surface area contributed by atoms with E-state index in [4.69, 9.17) is 4.74 Å². The number of benzene rings is 2. The van der Waals surface area contributed by atoms with Crippen molar-refractivity contribution < 1.29 is 13.9 Å². The zero-order valence-corrected chi connectivity index (χ0v) is 17.8. The number of ether oxygens (including phenoxy) is 1. The highest BCUT2D eigenvalue weighted by molar-refractivity contribution is 5.91. The molecule has 164 valence electrons. The van der Waals surface area contributed by atoms with Crippen LogP contribution in [0.25, 0.3) is 6.08 Å². The largest absolute Gasteiger partial charge is 0.487 e. The minimum absolute atomic E-state index is 0.110. The number of pyridine rings is 1. The van der Waals surface area contributed by atoms with Gasteiger partial charge in [0.15, 0.2) is 0 Å². The second kappa shape index (κ2) is 10.6. The third-order valence-corrected chi connectivity index (χ3v) is 5.46. The zero-order chi connectivity index (χ0) is 22.2. The summed E-state index contributed by atoms with van der Waals surface area (Å²) in [5.74, 6) is 0.799. The minimum atomic E-state index is -0.227. The number of nitrogens with zero attached hydrogens (tertiary/aromatic N) is 2. The summed E-state index contributed by atoms with van der Waals surface area (Å²) in [6, 6.07) is 19.9. The molecule has 3 aromatic rings. The first-order chi connectivity index (χ1) is 15.7. The molecule has 0 spiro atoms. The van der Waals surface area contributed by atoms with E-state index >= 15 is 0 Å². The van der Waals surface area contributed by atoms with Gasteiger partial charge in [-0.25, -0.2) is 4.39 Å². The quantitative estimate of drug-likeness (QED) is 0.535. The van der Waals surface area contributed by atoms with Gasteiger partial charge in [-0.3, -0.25) is 9.78 Å². The Balaban J connectivity index is 1.19. The molecule has 32 heavy (non-hydrogen) atoms. The molecular formula is C26H26FN3O2. The number of carbonyl (C=O) groups is 1. The fraction of sp³-hybridized carbons (Fsp3) is 0.231. The number of halogens is 1. The highest BCUT2D eigenvalue weighted by Gasteiger charge is 2.22. The third-order valence-electron chi connectivity index (χ3n) is 5.46. The molecule has 1 atom stereocenters. The van der Waals surface area contributed by atoms with E-state index in [1.54, 1.807) is 30.5 Å². The van der Waals surface area contributed by atoms with Crippen LogP contribution in [0.3, 0.4) is 0 Å². The van der Waals surface area contributed by atoms with Crippen LogP contribution in [0.1, 0.15) is 17.7 Å². The topological polar surface area (TPSA) is 54.5 Å². The molecular weight excluding hydrogens is 405 g/mol. The van der Waals surface area contributed by atoms with Crippen molar-refractivity contribution in [3.63, 3.8) is 0 Å². The van der Waals surface area contributed by atoms with Gasteiger partial charge in [-0.2, -0.15) is 0 Å². The molecule has 6 heteroatoms. The maximum atomic E-state index is 13.1. The summed E-state index contributed by atoms with van der Waals surface area (Å²) in [5.41, 5.74) is 2.82. The molecule has 2 aromatic carbocycles. The van der Waals surface area contributed by atoms with Crippen LogP contribution in [0.15, 0.2) is 79.0 Å². The summed E-state index contributed by atoms with van der Waals surface area (Å²) in [7, 11) is 0. The van der Waals surface area contributed by atoms with Crippen LogP contribution in [-0.4, -0.2) is 30.5 Å². The smallest absolute Gasteiger partial charge is 0.244 e. The fourth-order valence-corrected chi connectivity index (χ4v) is 3.68. The van der Waals surface area contributed by atoms with Gasteiger partial charge >= 0.3 is 0 Å². The van der Waals surface area contributed by atoms with Gasteiger partial charge in [0.1, 0.15) is 18.2 Å². The number of anilines is 1. The summed E-state index contributed by atoms with van der Waals surface area (Å²) in [4.78, 5) is 18.7. The molecule has 1 N–H and O–H groups in total. The lowest BCUT2D eigenvalue weighted by Gasteiger charge is -2.18.